The van der Waals surface area contributed by atoms with Gasteiger partial charge in [0.15, 0.2) is 0 Å². The van der Waals surface area contributed by atoms with Gasteiger partial charge < -0.3 is 5.73 Å². The van der Waals surface area contributed by atoms with Gasteiger partial charge in [0.05, 0.1) is 5.52 Å². The molecule has 2 N–H and O–H groups in total. The number of piperidine rings is 1. The van der Waals surface area contributed by atoms with E-state index in [9.17, 15) is 0 Å². The number of likely N-dealkylation sites (tertiary alicyclic amines) is 1. The van der Waals surface area contributed by atoms with Crippen LogP contribution < -0.4 is 5.73 Å². The maximum absolute atomic E-state index is 5.98. The van der Waals surface area contributed by atoms with Crippen LogP contribution in [0.5, 0.6) is 0 Å². The summed E-state index contributed by atoms with van der Waals surface area (Å²) in [6, 6.07) is 11.2. The predicted octanol–water partition coefficient (Wildman–Crippen LogP) is 3.22. The Morgan fingerprint density at radius 3 is 3.00 bits per heavy atom. The molecule has 1 saturated heterocycles. The molecule has 3 nitrogen and oxygen atoms in total. The van der Waals surface area contributed by atoms with Gasteiger partial charge >= 0.3 is 0 Å². The highest BCUT2D eigenvalue weighted by Gasteiger charge is 2.27. The maximum atomic E-state index is 5.98. The first kappa shape index (κ1) is 16.2. The monoisotopic (exact) mass is 305 g/mol. The van der Waals surface area contributed by atoms with Crippen LogP contribution in [0.3, 0.4) is 0 Å². The average molecular weight is 306 g/mol. The molecule has 2 unspecified atom stereocenters. The van der Waals surface area contributed by atoms with Crippen LogP contribution >= 0.6 is 12.4 Å². The molecule has 4 heteroatoms. The van der Waals surface area contributed by atoms with Crippen LogP contribution in [0.15, 0.2) is 36.5 Å². The lowest BCUT2D eigenvalue weighted by Gasteiger charge is -2.39. The van der Waals surface area contributed by atoms with Gasteiger partial charge in [-0.25, -0.2) is 0 Å². The molecule has 2 heterocycles. The fourth-order valence-electron chi connectivity index (χ4n) is 3.37. The predicted molar refractivity (Wildman–Crippen MR) is 90.6 cm³/mol. The third kappa shape index (κ3) is 3.54. The Morgan fingerprint density at radius 2 is 2.19 bits per heavy atom. The van der Waals surface area contributed by atoms with Crippen molar-refractivity contribution in [3.05, 3.63) is 42.1 Å². The van der Waals surface area contributed by atoms with E-state index in [1.807, 2.05) is 12.3 Å². The molecule has 21 heavy (non-hydrogen) atoms. The highest BCUT2D eigenvalue weighted by molar-refractivity contribution is 5.85. The van der Waals surface area contributed by atoms with Gasteiger partial charge in [-0.2, -0.15) is 0 Å². The summed E-state index contributed by atoms with van der Waals surface area (Å²) >= 11 is 0. The van der Waals surface area contributed by atoms with Gasteiger partial charge in [-0.15, -0.1) is 12.4 Å². The van der Waals surface area contributed by atoms with E-state index in [0.29, 0.717) is 12.0 Å². The lowest BCUT2D eigenvalue weighted by Crippen LogP contribution is -2.47. The molecule has 114 valence electrons. The summed E-state index contributed by atoms with van der Waals surface area (Å²) in [7, 11) is 0. The van der Waals surface area contributed by atoms with E-state index in [4.69, 9.17) is 5.73 Å². The van der Waals surface area contributed by atoms with E-state index in [1.54, 1.807) is 0 Å². The third-order valence-corrected chi connectivity index (χ3v) is 4.53. The van der Waals surface area contributed by atoms with Crippen LogP contribution in [0.4, 0.5) is 0 Å². The van der Waals surface area contributed by atoms with Gasteiger partial charge in [-0.3, -0.25) is 9.88 Å². The van der Waals surface area contributed by atoms with E-state index in [-0.39, 0.29) is 12.4 Å². The zero-order valence-corrected chi connectivity index (χ0v) is 13.4. The van der Waals surface area contributed by atoms with E-state index in [0.717, 1.165) is 25.2 Å². The number of halogens is 1. The Kier molecular flexibility index (Phi) is 5.57. The Bertz CT molecular complexity index is 587. The standard InChI is InChI=1S/C17H23N3.ClH/c1-13-4-3-9-20(17(13)11-18)12-14-6-7-16-15(10-14)5-2-8-19-16;/h2,5-8,10,13,17H,3-4,9,11-12,18H2,1H3;1H. The lowest BCUT2D eigenvalue weighted by molar-refractivity contribution is 0.0991. The SMILES string of the molecule is CC1CCCN(Cc2ccc3ncccc3c2)C1CN.Cl. The van der Waals surface area contributed by atoms with Crippen molar-refractivity contribution in [1.82, 2.24) is 9.88 Å². The van der Waals surface area contributed by atoms with Crippen LogP contribution in [0.2, 0.25) is 0 Å². The van der Waals surface area contributed by atoms with Crippen molar-refractivity contribution < 1.29 is 0 Å². The summed E-state index contributed by atoms with van der Waals surface area (Å²) in [6.45, 7) is 5.25. The zero-order valence-electron chi connectivity index (χ0n) is 12.5. The van der Waals surface area contributed by atoms with Gasteiger partial charge in [0, 0.05) is 30.7 Å². The zero-order chi connectivity index (χ0) is 13.9. The number of hydrogen-bond acceptors (Lipinski definition) is 3. The van der Waals surface area contributed by atoms with E-state index in [1.165, 1.54) is 23.8 Å². The second-order valence-corrected chi connectivity index (χ2v) is 5.92. The number of aromatic nitrogens is 1. The maximum Gasteiger partial charge on any atom is 0.0702 e. The molecule has 1 aromatic carbocycles. The average Bonchev–Trinajstić information content (AvgIpc) is 2.47. The first-order valence-corrected chi connectivity index (χ1v) is 7.55. The van der Waals surface area contributed by atoms with E-state index >= 15 is 0 Å². The van der Waals surface area contributed by atoms with Crippen LogP contribution in [0.25, 0.3) is 10.9 Å². The Morgan fingerprint density at radius 1 is 1.33 bits per heavy atom. The van der Waals surface area contributed by atoms with Crippen molar-refractivity contribution in [2.45, 2.75) is 32.4 Å². The van der Waals surface area contributed by atoms with Gasteiger partial charge in [0.25, 0.3) is 0 Å². The minimum atomic E-state index is 0. The second-order valence-electron chi connectivity index (χ2n) is 5.92. The molecule has 1 fully saturated rings. The Balaban J connectivity index is 0.00000161. The summed E-state index contributed by atoms with van der Waals surface area (Å²) < 4.78 is 0. The van der Waals surface area contributed by atoms with Gasteiger partial charge in [-0.05, 0) is 49.1 Å². The quantitative estimate of drug-likeness (QED) is 0.947. The molecule has 1 aromatic heterocycles. The minimum Gasteiger partial charge on any atom is -0.329 e. The fraction of sp³-hybridized carbons (Fsp3) is 0.471. The second kappa shape index (κ2) is 7.21. The number of nitrogens with two attached hydrogens (primary N) is 1. The van der Waals surface area contributed by atoms with E-state index < -0.39 is 0 Å². The summed E-state index contributed by atoms with van der Waals surface area (Å²) in [5.74, 6) is 0.705. The summed E-state index contributed by atoms with van der Waals surface area (Å²) in [6.07, 6.45) is 4.44. The molecule has 0 amide bonds. The molecule has 0 spiro atoms. The molecule has 0 aliphatic carbocycles. The molecule has 0 bridgehead atoms. The molecule has 2 atom stereocenters. The van der Waals surface area contributed by atoms with Crippen LogP contribution in [0, 0.1) is 5.92 Å². The van der Waals surface area contributed by atoms with Crippen molar-refractivity contribution >= 4 is 23.3 Å². The molecule has 3 rings (SSSR count). The van der Waals surface area contributed by atoms with Crippen molar-refractivity contribution in [1.29, 1.82) is 0 Å². The van der Waals surface area contributed by atoms with Crippen LogP contribution in [0.1, 0.15) is 25.3 Å². The van der Waals surface area contributed by atoms with Crippen molar-refractivity contribution in [2.24, 2.45) is 11.7 Å². The topological polar surface area (TPSA) is 42.2 Å². The molecule has 0 radical (unpaired) electrons. The van der Waals surface area contributed by atoms with E-state index in [2.05, 4.69) is 41.1 Å². The summed E-state index contributed by atoms with van der Waals surface area (Å²) in [5.41, 5.74) is 8.40. The van der Waals surface area contributed by atoms with Gasteiger partial charge in [-0.1, -0.05) is 19.1 Å². The number of pyridine rings is 1. The largest absolute Gasteiger partial charge is 0.329 e. The van der Waals surface area contributed by atoms with Crippen molar-refractivity contribution in [2.75, 3.05) is 13.1 Å². The molecular formula is C17H24ClN3. The van der Waals surface area contributed by atoms with Crippen molar-refractivity contribution in [3.63, 3.8) is 0 Å². The number of rotatable bonds is 3. The van der Waals surface area contributed by atoms with Crippen LogP contribution in [-0.4, -0.2) is 29.0 Å². The molecule has 2 aromatic rings. The van der Waals surface area contributed by atoms with Gasteiger partial charge in [0.1, 0.15) is 0 Å². The van der Waals surface area contributed by atoms with Crippen LogP contribution in [-0.2, 0) is 6.54 Å². The number of hydrogen-bond donors (Lipinski definition) is 1. The highest BCUT2D eigenvalue weighted by atomic mass is 35.5. The Labute approximate surface area is 132 Å². The molecule has 1 aliphatic rings. The molecular weight excluding hydrogens is 282 g/mol. The number of nitrogens with zero attached hydrogens (tertiary/aromatic N) is 2. The third-order valence-electron chi connectivity index (χ3n) is 4.53. The van der Waals surface area contributed by atoms with Crippen molar-refractivity contribution in [3.8, 4) is 0 Å². The summed E-state index contributed by atoms with van der Waals surface area (Å²) in [5, 5.41) is 1.22. The highest BCUT2D eigenvalue weighted by Crippen LogP contribution is 2.25. The summed E-state index contributed by atoms with van der Waals surface area (Å²) in [4.78, 5) is 6.93. The lowest BCUT2D eigenvalue weighted by atomic mass is 9.90. The first-order valence-electron chi connectivity index (χ1n) is 7.55. The minimum absolute atomic E-state index is 0. The fourth-order valence-corrected chi connectivity index (χ4v) is 3.37. The molecule has 0 saturated carbocycles. The number of fused-ring (bicyclic) bond motifs is 1. The Hall–Kier alpha value is -1.16. The van der Waals surface area contributed by atoms with Gasteiger partial charge in [0.2, 0.25) is 0 Å². The smallest absolute Gasteiger partial charge is 0.0702 e. The first-order chi connectivity index (χ1) is 9.78. The number of benzene rings is 1. The normalized spacial score (nSPS) is 23.0. The molecule has 1 aliphatic heterocycles.